The van der Waals surface area contributed by atoms with Crippen molar-refractivity contribution in [2.75, 3.05) is 11.9 Å². The van der Waals surface area contributed by atoms with Crippen molar-refractivity contribution in [2.45, 2.75) is 38.4 Å². The van der Waals surface area contributed by atoms with E-state index in [2.05, 4.69) is 20.3 Å². The molecular weight excluding hydrogens is 376 g/mol. The molecule has 2 atom stereocenters. The van der Waals surface area contributed by atoms with Gasteiger partial charge < -0.3 is 20.3 Å². The molecule has 3 N–H and O–H groups in total. The molecule has 0 amide bonds. The van der Waals surface area contributed by atoms with Crippen LogP contribution in [0.3, 0.4) is 0 Å². The van der Waals surface area contributed by atoms with Gasteiger partial charge in [-0.3, -0.25) is 4.98 Å². The number of rotatable bonds is 6. The number of aliphatic hydroxyl groups excluding tert-OH is 2. The molecule has 0 saturated carbocycles. The lowest BCUT2D eigenvalue weighted by Gasteiger charge is -2.26. The number of hydrogen-bond donors (Lipinski definition) is 3. The third kappa shape index (κ3) is 3.99. The summed E-state index contributed by atoms with van der Waals surface area (Å²) < 4.78 is 6.38. The lowest BCUT2D eigenvalue weighted by Crippen LogP contribution is -2.16. The Morgan fingerprint density at radius 1 is 1.39 bits per heavy atom. The fraction of sp³-hybridized carbons (Fsp3) is 0.350. The summed E-state index contributed by atoms with van der Waals surface area (Å²) in [5.74, 6) is 1.24. The van der Waals surface area contributed by atoms with Crippen LogP contribution in [0.15, 0.2) is 36.1 Å². The van der Waals surface area contributed by atoms with E-state index in [0.29, 0.717) is 22.4 Å². The van der Waals surface area contributed by atoms with Crippen molar-refractivity contribution in [1.82, 2.24) is 15.0 Å². The van der Waals surface area contributed by atoms with Gasteiger partial charge in [-0.15, -0.1) is 11.3 Å². The molecular formula is C20H22N4O3S. The summed E-state index contributed by atoms with van der Waals surface area (Å²) in [5, 5.41) is 24.3. The second kappa shape index (κ2) is 8.22. The minimum Gasteiger partial charge on any atom is -0.482 e. The van der Waals surface area contributed by atoms with Crippen LogP contribution in [-0.4, -0.2) is 31.8 Å². The van der Waals surface area contributed by atoms with Gasteiger partial charge in [-0.2, -0.15) is 0 Å². The number of hydrogen-bond acceptors (Lipinski definition) is 8. The molecule has 1 aliphatic rings. The van der Waals surface area contributed by atoms with Crippen LogP contribution in [0.5, 0.6) is 5.75 Å². The first-order valence-corrected chi connectivity index (χ1v) is 10.1. The number of aromatic nitrogens is 3. The molecule has 3 aromatic rings. The van der Waals surface area contributed by atoms with Gasteiger partial charge in [-0.1, -0.05) is 0 Å². The molecule has 2 unspecified atom stereocenters. The van der Waals surface area contributed by atoms with Crippen LogP contribution in [0.4, 0.5) is 10.9 Å². The first-order chi connectivity index (χ1) is 13.6. The third-order valence-electron chi connectivity index (χ3n) is 4.72. The van der Waals surface area contributed by atoms with Gasteiger partial charge in [-0.25, -0.2) is 9.97 Å². The average Bonchev–Trinajstić information content (AvgIpc) is 3.18. The Morgan fingerprint density at radius 2 is 2.29 bits per heavy atom. The highest BCUT2D eigenvalue weighted by molar-refractivity contribution is 7.13. The highest BCUT2D eigenvalue weighted by atomic mass is 32.1. The predicted octanol–water partition coefficient (Wildman–Crippen LogP) is 3.47. The van der Waals surface area contributed by atoms with Crippen molar-refractivity contribution in [2.24, 2.45) is 0 Å². The van der Waals surface area contributed by atoms with Crippen molar-refractivity contribution < 1.29 is 14.9 Å². The van der Waals surface area contributed by atoms with Gasteiger partial charge in [0.25, 0.3) is 0 Å². The number of ether oxygens (including phenoxy) is 1. The predicted molar refractivity (Wildman–Crippen MR) is 107 cm³/mol. The Kier molecular flexibility index (Phi) is 5.52. The van der Waals surface area contributed by atoms with E-state index < -0.39 is 6.10 Å². The van der Waals surface area contributed by atoms with E-state index in [4.69, 9.17) is 9.84 Å². The second-order valence-corrected chi connectivity index (χ2v) is 7.69. The molecule has 28 heavy (non-hydrogen) atoms. The molecule has 0 aromatic carbocycles. The largest absolute Gasteiger partial charge is 0.482 e. The maximum absolute atomic E-state index is 9.73. The summed E-state index contributed by atoms with van der Waals surface area (Å²) in [7, 11) is 0. The van der Waals surface area contributed by atoms with E-state index in [0.717, 1.165) is 24.8 Å². The summed E-state index contributed by atoms with van der Waals surface area (Å²) >= 11 is 1.34. The standard InChI is InChI=1S/C20H22N4O3S/c1-12-7-18(27-17-4-2-3-13-9-21-6-5-14(13)17)19(22-8-12)24-20-23-15(11-28-20)16(26)10-25/h5-9,11,16-17,25-26H,2-4,10H2,1H3,(H,22,23,24). The van der Waals surface area contributed by atoms with Crippen LogP contribution in [-0.2, 0) is 6.42 Å². The lowest BCUT2D eigenvalue weighted by molar-refractivity contribution is 0.0928. The second-order valence-electron chi connectivity index (χ2n) is 6.83. The number of nitrogens with zero attached hydrogens (tertiary/aromatic N) is 3. The zero-order chi connectivity index (χ0) is 19.5. The van der Waals surface area contributed by atoms with Gasteiger partial charge in [0, 0.05) is 24.0 Å². The fourth-order valence-corrected chi connectivity index (χ4v) is 4.04. The monoisotopic (exact) mass is 398 g/mol. The van der Waals surface area contributed by atoms with E-state index in [1.54, 1.807) is 17.8 Å². The molecule has 3 heterocycles. The van der Waals surface area contributed by atoms with Crippen molar-refractivity contribution in [3.8, 4) is 5.75 Å². The van der Waals surface area contributed by atoms with Crippen molar-refractivity contribution in [3.63, 3.8) is 0 Å². The molecule has 146 valence electrons. The number of fused-ring (bicyclic) bond motifs is 1. The van der Waals surface area contributed by atoms with Crippen LogP contribution in [0.1, 0.15) is 47.4 Å². The summed E-state index contributed by atoms with van der Waals surface area (Å²) in [5.41, 5.74) is 3.84. The molecule has 0 spiro atoms. The molecule has 3 aromatic heterocycles. The molecule has 0 radical (unpaired) electrons. The van der Waals surface area contributed by atoms with Crippen LogP contribution < -0.4 is 10.1 Å². The smallest absolute Gasteiger partial charge is 0.188 e. The van der Waals surface area contributed by atoms with E-state index in [-0.39, 0.29) is 12.7 Å². The van der Waals surface area contributed by atoms with Gasteiger partial charge in [0.15, 0.2) is 16.7 Å². The number of nitrogens with one attached hydrogen (secondary N) is 1. The molecule has 7 nitrogen and oxygen atoms in total. The van der Waals surface area contributed by atoms with Crippen molar-refractivity contribution in [1.29, 1.82) is 0 Å². The number of thiazole rings is 1. The van der Waals surface area contributed by atoms with Crippen molar-refractivity contribution in [3.05, 3.63) is 58.5 Å². The highest BCUT2D eigenvalue weighted by Gasteiger charge is 2.23. The van der Waals surface area contributed by atoms with Crippen LogP contribution in [0.2, 0.25) is 0 Å². The SMILES string of the molecule is Cc1cnc(Nc2nc(C(O)CO)cs2)c(OC2CCCc3cnccc32)c1. The maximum Gasteiger partial charge on any atom is 0.188 e. The minimum absolute atomic E-state index is 0.0426. The first kappa shape index (κ1) is 18.8. The number of aryl methyl sites for hydroxylation is 2. The maximum atomic E-state index is 9.73. The number of anilines is 2. The topological polar surface area (TPSA) is 100 Å². The molecule has 0 saturated heterocycles. The summed E-state index contributed by atoms with van der Waals surface area (Å²) in [4.78, 5) is 13.0. The fourth-order valence-electron chi connectivity index (χ4n) is 3.29. The van der Waals surface area contributed by atoms with Crippen LogP contribution in [0.25, 0.3) is 0 Å². The highest BCUT2D eigenvalue weighted by Crippen LogP contribution is 2.37. The zero-order valence-corrected chi connectivity index (χ0v) is 16.3. The lowest BCUT2D eigenvalue weighted by atomic mass is 9.91. The molecule has 8 heteroatoms. The quantitative estimate of drug-likeness (QED) is 0.584. The third-order valence-corrected chi connectivity index (χ3v) is 5.50. The van der Waals surface area contributed by atoms with Gasteiger partial charge in [0.1, 0.15) is 12.2 Å². The summed E-state index contributed by atoms with van der Waals surface area (Å²) in [6.07, 6.45) is 7.48. The van der Waals surface area contributed by atoms with E-state index in [1.807, 2.05) is 25.3 Å². The first-order valence-electron chi connectivity index (χ1n) is 9.21. The normalized spacial score (nSPS) is 17.0. The van der Waals surface area contributed by atoms with Crippen molar-refractivity contribution >= 4 is 22.3 Å². The number of pyridine rings is 2. The number of aliphatic hydroxyl groups is 2. The van der Waals surface area contributed by atoms with Gasteiger partial charge >= 0.3 is 0 Å². The van der Waals surface area contributed by atoms with Crippen LogP contribution >= 0.6 is 11.3 Å². The van der Waals surface area contributed by atoms with E-state index >= 15 is 0 Å². The van der Waals surface area contributed by atoms with Gasteiger partial charge in [-0.05, 0) is 55.0 Å². The van der Waals surface area contributed by atoms with E-state index in [9.17, 15) is 5.11 Å². The summed E-state index contributed by atoms with van der Waals surface area (Å²) in [6.45, 7) is 1.61. The average molecular weight is 398 g/mol. The van der Waals surface area contributed by atoms with E-state index in [1.165, 1.54) is 22.5 Å². The van der Waals surface area contributed by atoms with Gasteiger partial charge in [0.2, 0.25) is 0 Å². The Morgan fingerprint density at radius 3 is 3.14 bits per heavy atom. The molecule has 1 aliphatic carbocycles. The molecule has 0 fully saturated rings. The minimum atomic E-state index is -0.985. The Labute approximate surface area is 167 Å². The van der Waals surface area contributed by atoms with Gasteiger partial charge in [0.05, 0.1) is 12.3 Å². The molecule has 0 aliphatic heterocycles. The molecule has 0 bridgehead atoms. The molecule has 4 rings (SSSR count). The Hall–Kier alpha value is -2.55. The Balaban J connectivity index is 1.58. The van der Waals surface area contributed by atoms with Crippen LogP contribution in [0, 0.1) is 6.92 Å². The zero-order valence-electron chi connectivity index (χ0n) is 15.5. The summed E-state index contributed by atoms with van der Waals surface area (Å²) in [6, 6.07) is 3.99. The Bertz CT molecular complexity index is 962.